The maximum absolute atomic E-state index is 5.93. The van der Waals surface area contributed by atoms with Gasteiger partial charge in [-0.05, 0) is 48.2 Å². The van der Waals surface area contributed by atoms with Crippen molar-refractivity contribution in [1.82, 2.24) is 4.90 Å². The first kappa shape index (κ1) is 20.6. The first-order chi connectivity index (χ1) is 12.1. The second kappa shape index (κ2) is 9.26. The maximum atomic E-state index is 5.93. The zero-order valence-electron chi connectivity index (χ0n) is 15.6. The minimum Gasteiger partial charge on any atom is -0.493 e. The van der Waals surface area contributed by atoms with Gasteiger partial charge < -0.3 is 15.2 Å². The van der Waals surface area contributed by atoms with Gasteiger partial charge in [-0.2, -0.15) is 0 Å². The summed E-state index contributed by atoms with van der Waals surface area (Å²) in [5.74, 6) is 1.57. The van der Waals surface area contributed by atoms with E-state index in [0.717, 1.165) is 43.2 Å². The molecule has 1 aliphatic rings. The van der Waals surface area contributed by atoms with Crippen LogP contribution in [0, 0.1) is 5.41 Å². The molecule has 1 fully saturated rings. The molecular formula is C21H29ClN2O2. The van der Waals surface area contributed by atoms with Crippen LogP contribution in [0.5, 0.6) is 11.5 Å². The van der Waals surface area contributed by atoms with Crippen molar-refractivity contribution in [3.8, 4) is 11.5 Å². The van der Waals surface area contributed by atoms with E-state index in [0.29, 0.717) is 6.61 Å². The molecule has 0 aromatic heterocycles. The molecule has 1 aliphatic heterocycles. The fraction of sp³-hybridized carbons (Fsp3) is 0.429. The Morgan fingerprint density at radius 1 is 1.08 bits per heavy atom. The van der Waals surface area contributed by atoms with Crippen molar-refractivity contribution in [2.24, 2.45) is 11.1 Å². The summed E-state index contributed by atoms with van der Waals surface area (Å²) in [5, 5.41) is 0. The highest BCUT2D eigenvalue weighted by Gasteiger charge is 2.32. The summed E-state index contributed by atoms with van der Waals surface area (Å²) in [6.07, 6.45) is 1.17. The lowest BCUT2D eigenvalue weighted by molar-refractivity contribution is 0.271. The molecule has 0 saturated carbocycles. The lowest BCUT2D eigenvalue weighted by Crippen LogP contribution is -2.31. The molecule has 1 saturated heterocycles. The molecule has 4 nitrogen and oxygen atoms in total. The van der Waals surface area contributed by atoms with Gasteiger partial charge in [0.05, 0.1) is 7.11 Å². The number of halogens is 1. The smallest absolute Gasteiger partial charge is 0.161 e. The first-order valence-corrected chi connectivity index (χ1v) is 8.88. The fourth-order valence-corrected chi connectivity index (χ4v) is 3.35. The number of methoxy groups -OCH3 is 1. The molecule has 1 heterocycles. The average molecular weight is 377 g/mol. The number of hydrogen-bond acceptors (Lipinski definition) is 4. The van der Waals surface area contributed by atoms with E-state index in [1.807, 2.05) is 24.3 Å². The first-order valence-electron chi connectivity index (χ1n) is 8.88. The molecule has 2 N–H and O–H groups in total. The molecule has 0 aliphatic carbocycles. The van der Waals surface area contributed by atoms with Crippen LogP contribution < -0.4 is 15.2 Å². The Morgan fingerprint density at radius 2 is 1.85 bits per heavy atom. The molecule has 3 rings (SSSR count). The number of nitrogens with two attached hydrogens (primary N) is 1. The monoisotopic (exact) mass is 376 g/mol. The van der Waals surface area contributed by atoms with E-state index in [9.17, 15) is 0 Å². The average Bonchev–Trinajstić information content (AvgIpc) is 3.03. The third-order valence-corrected chi connectivity index (χ3v) is 5.00. The van der Waals surface area contributed by atoms with E-state index >= 15 is 0 Å². The number of nitrogens with zero attached hydrogens (tertiary/aromatic N) is 1. The Hall–Kier alpha value is -1.75. The van der Waals surface area contributed by atoms with Crippen molar-refractivity contribution < 1.29 is 9.47 Å². The number of ether oxygens (including phenoxy) is 2. The Labute approximate surface area is 162 Å². The van der Waals surface area contributed by atoms with E-state index in [1.54, 1.807) is 7.11 Å². The Balaban J connectivity index is 0.00000243. The van der Waals surface area contributed by atoms with Crippen molar-refractivity contribution in [2.45, 2.75) is 26.5 Å². The molecule has 1 atom stereocenters. The molecule has 0 radical (unpaired) electrons. The van der Waals surface area contributed by atoms with Gasteiger partial charge in [0, 0.05) is 13.1 Å². The van der Waals surface area contributed by atoms with Crippen molar-refractivity contribution in [3.63, 3.8) is 0 Å². The molecule has 1 unspecified atom stereocenters. The molecule has 0 spiro atoms. The Morgan fingerprint density at radius 3 is 2.50 bits per heavy atom. The van der Waals surface area contributed by atoms with Gasteiger partial charge in [0.1, 0.15) is 6.61 Å². The summed E-state index contributed by atoms with van der Waals surface area (Å²) in [5.41, 5.74) is 8.55. The van der Waals surface area contributed by atoms with Gasteiger partial charge in [-0.15, -0.1) is 12.4 Å². The SMILES string of the molecule is COc1cc(CN2CCC(C)(CN)C2)ccc1OCc1ccccc1.Cl. The zero-order chi connectivity index (χ0) is 17.7. The maximum Gasteiger partial charge on any atom is 0.161 e. The molecule has 0 amide bonds. The number of benzene rings is 2. The summed E-state index contributed by atoms with van der Waals surface area (Å²) >= 11 is 0. The number of rotatable bonds is 7. The molecule has 2 aromatic carbocycles. The minimum atomic E-state index is 0. The summed E-state index contributed by atoms with van der Waals surface area (Å²) in [4.78, 5) is 2.46. The standard InChI is InChI=1S/C21H28N2O2.ClH/c1-21(15-22)10-11-23(16-21)13-18-8-9-19(20(12-18)24-2)25-14-17-6-4-3-5-7-17;/h3-9,12H,10-11,13-16,22H2,1-2H3;1H. The van der Waals surface area contributed by atoms with Crippen molar-refractivity contribution >= 4 is 12.4 Å². The van der Waals surface area contributed by atoms with Crippen LogP contribution >= 0.6 is 12.4 Å². The lowest BCUT2D eigenvalue weighted by atomic mass is 9.90. The van der Waals surface area contributed by atoms with Crippen molar-refractivity contribution in [3.05, 3.63) is 59.7 Å². The fourth-order valence-electron chi connectivity index (χ4n) is 3.35. The van der Waals surface area contributed by atoms with E-state index in [2.05, 4.69) is 36.1 Å². The van der Waals surface area contributed by atoms with Crippen molar-refractivity contribution in [2.75, 3.05) is 26.7 Å². The third-order valence-electron chi connectivity index (χ3n) is 5.00. The molecule has 142 valence electrons. The van der Waals surface area contributed by atoms with E-state index < -0.39 is 0 Å². The quantitative estimate of drug-likeness (QED) is 0.796. The van der Waals surface area contributed by atoms with Gasteiger partial charge in [-0.3, -0.25) is 4.90 Å². The normalized spacial score (nSPS) is 19.8. The highest BCUT2D eigenvalue weighted by molar-refractivity contribution is 5.85. The predicted octanol–water partition coefficient (Wildman–Crippen LogP) is 3.87. The van der Waals surface area contributed by atoms with Crippen molar-refractivity contribution in [1.29, 1.82) is 0 Å². The van der Waals surface area contributed by atoms with Gasteiger partial charge in [0.2, 0.25) is 0 Å². The molecular weight excluding hydrogens is 348 g/mol. The van der Waals surface area contributed by atoms with Gasteiger partial charge in [0.15, 0.2) is 11.5 Å². The van der Waals surface area contributed by atoms with E-state index in [-0.39, 0.29) is 17.8 Å². The van der Waals surface area contributed by atoms with Gasteiger partial charge in [0.25, 0.3) is 0 Å². The van der Waals surface area contributed by atoms with E-state index in [4.69, 9.17) is 15.2 Å². The summed E-state index contributed by atoms with van der Waals surface area (Å²) in [7, 11) is 1.69. The van der Waals surface area contributed by atoms with Crippen LogP contribution in [-0.4, -0.2) is 31.6 Å². The van der Waals surface area contributed by atoms with Crippen LogP contribution in [0.25, 0.3) is 0 Å². The van der Waals surface area contributed by atoms with Crippen LogP contribution in [0.2, 0.25) is 0 Å². The Bertz CT molecular complexity index is 696. The summed E-state index contributed by atoms with van der Waals surface area (Å²) in [6.45, 7) is 6.63. The molecule has 2 aromatic rings. The minimum absolute atomic E-state index is 0. The zero-order valence-corrected chi connectivity index (χ0v) is 16.4. The van der Waals surface area contributed by atoms with E-state index in [1.165, 1.54) is 12.0 Å². The van der Waals surface area contributed by atoms with Crippen LogP contribution in [-0.2, 0) is 13.2 Å². The van der Waals surface area contributed by atoms with Crippen LogP contribution in [0.1, 0.15) is 24.5 Å². The molecule has 26 heavy (non-hydrogen) atoms. The van der Waals surface area contributed by atoms with Gasteiger partial charge in [-0.25, -0.2) is 0 Å². The van der Waals surface area contributed by atoms with Crippen LogP contribution in [0.15, 0.2) is 48.5 Å². The summed E-state index contributed by atoms with van der Waals surface area (Å²) < 4.78 is 11.5. The van der Waals surface area contributed by atoms with Crippen LogP contribution in [0.4, 0.5) is 0 Å². The lowest BCUT2D eigenvalue weighted by Gasteiger charge is -2.23. The number of hydrogen-bond donors (Lipinski definition) is 1. The largest absolute Gasteiger partial charge is 0.493 e. The molecule has 5 heteroatoms. The highest BCUT2D eigenvalue weighted by Crippen LogP contribution is 2.32. The summed E-state index contributed by atoms with van der Waals surface area (Å²) in [6, 6.07) is 16.4. The number of likely N-dealkylation sites (tertiary alicyclic amines) is 1. The highest BCUT2D eigenvalue weighted by atomic mass is 35.5. The molecule has 0 bridgehead atoms. The Kier molecular flexibility index (Phi) is 7.33. The van der Waals surface area contributed by atoms with Crippen LogP contribution in [0.3, 0.4) is 0 Å². The second-order valence-corrected chi connectivity index (χ2v) is 7.23. The topological polar surface area (TPSA) is 47.7 Å². The third kappa shape index (κ3) is 5.13. The second-order valence-electron chi connectivity index (χ2n) is 7.23. The predicted molar refractivity (Wildman–Crippen MR) is 108 cm³/mol. The van der Waals surface area contributed by atoms with Gasteiger partial charge in [-0.1, -0.05) is 43.3 Å². The van der Waals surface area contributed by atoms with Gasteiger partial charge >= 0.3 is 0 Å².